The second-order valence-corrected chi connectivity index (χ2v) is 4.90. The molecule has 0 saturated heterocycles. The molecule has 96 valence electrons. The normalized spacial score (nSPS) is 11.6. The summed E-state index contributed by atoms with van der Waals surface area (Å²) in [5.74, 6) is -0.0223. The molecule has 1 aromatic heterocycles. The van der Waals surface area contributed by atoms with Gasteiger partial charge in [-0.2, -0.15) is 5.10 Å². The molecule has 5 heteroatoms. The Bertz CT molecular complexity index is 395. The molecule has 5 nitrogen and oxygen atoms in total. The molecule has 3 N–H and O–H groups in total. The third-order valence-corrected chi connectivity index (χ3v) is 2.89. The van der Waals surface area contributed by atoms with Gasteiger partial charge in [0.2, 0.25) is 5.91 Å². The zero-order chi connectivity index (χ0) is 13.1. The van der Waals surface area contributed by atoms with E-state index in [0.717, 1.165) is 17.7 Å². The fourth-order valence-corrected chi connectivity index (χ4v) is 1.54. The molecule has 1 heterocycles. The molecule has 17 heavy (non-hydrogen) atoms. The van der Waals surface area contributed by atoms with Gasteiger partial charge in [0.25, 0.3) is 0 Å². The lowest BCUT2D eigenvalue weighted by atomic mass is 9.92. The van der Waals surface area contributed by atoms with Crippen LogP contribution in [0, 0.1) is 5.41 Å². The van der Waals surface area contributed by atoms with Crippen molar-refractivity contribution >= 4 is 5.91 Å². The van der Waals surface area contributed by atoms with Crippen molar-refractivity contribution in [1.29, 1.82) is 0 Å². The van der Waals surface area contributed by atoms with Crippen LogP contribution in [0.15, 0.2) is 6.20 Å². The van der Waals surface area contributed by atoms with E-state index in [1.807, 2.05) is 27.1 Å². The molecule has 1 aromatic rings. The first-order chi connectivity index (χ1) is 7.90. The molecule has 0 saturated carbocycles. The van der Waals surface area contributed by atoms with Crippen molar-refractivity contribution in [3.05, 3.63) is 17.5 Å². The Balaban J connectivity index is 2.64. The molecular formula is C12H22N4O. The maximum Gasteiger partial charge on any atom is 0.227 e. The molecular weight excluding hydrogens is 216 g/mol. The first-order valence-corrected chi connectivity index (χ1v) is 5.90. The first-order valence-electron chi connectivity index (χ1n) is 5.90. The quantitative estimate of drug-likeness (QED) is 0.788. The van der Waals surface area contributed by atoms with Crippen LogP contribution in [0.5, 0.6) is 0 Å². The molecule has 0 aliphatic heterocycles. The first kappa shape index (κ1) is 13.7. The van der Waals surface area contributed by atoms with Gasteiger partial charge in [0.05, 0.1) is 11.1 Å². The lowest BCUT2D eigenvalue weighted by Gasteiger charge is -2.21. The van der Waals surface area contributed by atoms with Crippen LogP contribution >= 0.6 is 0 Å². The molecule has 1 rings (SSSR count). The summed E-state index contributed by atoms with van der Waals surface area (Å²) in [6.45, 7) is 6.59. The van der Waals surface area contributed by atoms with E-state index >= 15 is 0 Å². The highest BCUT2D eigenvalue weighted by atomic mass is 16.2. The number of nitrogens with two attached hydrogens (primary N) is 1. The standard InChI is InChI=1S/C12H22N4O/c1-5-10-9(7-16(4)15-10)6-14-11(17)12(2,3)8-13/h7H,5-6,8,13H2,1-4H3,(H,14,17). The van der Waals surface area contributed by atoms with Crippen LogP contribution in [0.1, 0.15) is 32.0 Å². The summed E-state index contributed by atoms with van der Waals surface area (Å²) in [5, 5.41) is 7.24. The highest BCUT2D eigenvalue weighted by molar-refractivity contribution is 5.82. The molecule has 0 aliphatic rings. The van der Waals surface area contributed by atoms with Gasteiger partial charge >= 0.3 is 0 Å². The second kappa shape index (κ2) is 5.31. The fourth-order valence-electron chi connectivity index (χ4n) is 1.54. The van der Waals surface area contributed by atoms with Crippen molar-refractivity contribution in [3.63, 3.8) is 0 Å². The number of carbonyl (C=O) groups is 1. The summed E-state index contributed by atoms with van der Waals surface area (Å²) in [5.41, 5.74) is 7.13. The lowest BCUT2D eigenvalue weighted by molar-refractivity contribution is -0.129. The fraction of sp³-hybridized carbons (Fsp3) is 0.667. The second-order valence-electron chi connectivity index (χ2n) is 4.90. The molecule has 0 unspecified atom stereocenters. The van der Waals surface area contributed by atoms with Gasteiger partial charge in [-0.25, -0.2) is 0 Å². The van der Waals surface area contributed by atoms with Crippen LogP contribution in [0.4, 0.5) is 0 Å². The number of hydrogen-bond acceptors (Lipinski definition) is 3. The Kier molecular flexibility index (Phi) is 4.28. The van der Waals surface area contributed by atoms with Crippen LogP contribution in [-0.4, -0.2) is 22.2 Å². The average Bonchev–Trinajstić information content (AvgIpc) is 2.66. The molecule has 0 spiro atoms. The predicted molar refractivity (Wildman–Crippen MR) is 67.3 cm³/mol. The monoisotopic (exact) mass is 238 g/mol. The number of nitrogens with zero attached hydrogens (tertiary/aromatic N) is 2. The van der Waals surface area contributed by atoms with Crippen molar-refractivity contribution in [3.8, 4) is 0 Å². The minimum Gasteiger partial charge on any atom is -0.351 e. The van der Waals surface area contributed by atoms with E-state index < -0.39 is 5.41 Å². The van der Waals surface area contributed by atoms with E-state index in [2.05, 4.69) is 17.3 Å². The summed E-state index contributed by atoms with van der Waals surface area (Å²) in [7, 11) is 1.88. The number of carbonyl (C=O) groups excluding carboxylic acids is 1. The Labute approximate surface area is 102 Å². The van der Waals surface area contributed by atoms with Gasteiger partial charge in [-0.05, 0) is 20.3 Å². The predicted octanol–water partition coefficient (Wildman–Crippen LogP) is 0.584. The third-order valence-electron chi connectivity index (χ3n) is 2.89. The largest absolute Gasteiger partial charge is 0.351 e. The van der Waals surface area contributed by atoms with Crippen LogP contribution in [0.2, 0.25) is 0 Å². The van der Waals surface area contributed by atoms with Gasteiger partial charge in [-0.1, -0.05) is 6.92 Å². The minimum absolute atomic E-state index is 0.0223. The number of nitrogens with one attached hydrogen (secondary N) is 1. The van der Waals surface area contributed by atoms with E-state index in [9.17, 15) is 4.79 Å². The molecule has 0 bridgehead atoms. The highest BCUT2D eigenvalue weighted by Gasteiger charge is 2.25. The van der Waals surface area contributed by atoms with E-state index in [0.29, 0.717) is 13.1 Å². The molecule has 0 fully saturated rings. The van der Waals surface area contributed by atoms with Crippen molar-refractivity contribution in [2.75, 3.05) is 6.54 Å². The van der Waals surface area contributed by atoms with E-state index in [1.54, 1.807) is 4.68 Å². The topological polar surface area (TPSA) is 72.9 Å². The van der Waals surface area contributed by atoms with Gasteiger partial charge in [0.1, 0.15) is 0 Å². The number of aromatic nitrogens is 2. The maximum absolute atomic E-state index is 11.9. The number of amides is 1. The summed E-state index contributed by atoms with van der Waals surface area (Å²) in [6.07, 6.45) is 2.81. The Morgan fingerprint density at radius 3 is 2.76 bits per heavy atom. The van der Waals surface area contributed by atoms with Gasteiger partial charge in [-0.15, -0.1) is 0 Å². The van der Waals surface area contributed by atoms with Gasteiger partial charge in [-0.3, -0.25) is 9.48 Å². The van der Waals surface area contributed by atoms with Crippen LogP contribution < -0.4 is 11.1 Å². The van der Waals surface area contributed by atoms with Gasteiger partial charge in [0, 0.05) is 31.9 Å². The van der Waals surface area contributed by atoms with Crippen molar-refractivity contribution in [1.82, 2.24) is 15.1 Å². The summed E-state index contributed by atoms with van der Waals surface area (Å²) >= 11 is 0. The van der Waals surface area contributed by atoms with Crippen molar-refractivity contribution in [2.24, 2.45) is 18.2 Å². The van der Waals surface area contributed by atoms with Gasteiger partial charge < -0.3 is 11.1 Å². The zero-order valence-corrected chi connectivity index (χ0v) is 11.1. The molecule has 0 aromatic carbocycles. The van der Waals surface area contributed by atoms with Gasteiger partial charge in [0.15, 0.2) is 0 Å². The highest BCUT2D eigenvalue weighted by Crippen LogP contribution is 2.13. The van der Waals surface area contributed by atoms with Crippen LogP contribution in [0.25, 0.3) is 0 Å². The lowest BCUT2D eigenvalue weighted by Crippen LogP contribution is -2.41. The smallest absolute Gasteiger partial charge is 0.227 e. The van der Waals surface area contributed by atoms with Crippen LogP contribution in [-0.2, 0) is 24.8 Å². The number of hydrogen-bond donors (Lipinski definition) is 2. The molecule has 0 radical (unpaired) electrons. The van der Waals surface area contributed by atoms with Crippen molar-refractivity contribution < 1.29 is 4.79 Å². The van der Waals surface area contributed by atoms with E-state index in [4.69, 9.17) is 5.73 Å². The molecule has 0 aliphatic carbocycles. The third kappa shape index (κ3) is 3.30. The Morgan fingerprint density at radius 1 is 1.59 bits per heavy atom. The Morgan fingerprint density at radius 2 is 2.24 bits per heavy atom. The number of aryl methyl sites for hydroxylation is 2. The summed E-state index contributed by atoms with van der Waals surface area (Å²) in [6, 6.07) is 0. The summed E-state index contributed by atoms with van der Waals surface area (Å²) < 4.78 is 1.77. The van der Waals surface area contributed by atoms with E-state index in [1.165, 1.54) is 0 Å². The summed E-state index contributed by atoms with van der Waals surface area (Å²) in [4.78, 5) is 11.9. The molecule has 1 amide bonds. The maximum atomic E-state index is 11.9. The van der Waals surface area contributed by atoms with E-state index in [-0.39, 0.29) is 5.91 Å². The SMILES string of the molecule is CCc1nn(C)cc1CNC(=O)C(C)(C)CN. The van der Waals surface area contributed by atoms with Crippen molar-refractivity contribution in [2.45, 2.75) is 33.7 Å². The Hall–Kier alpha value is -1.36. The zero-order valence-electron chi connectivity index (χ0n) is 11.1. The minimum atomic E-state index is -0.519. The van der Waals surface area contributed by atoms with Crippen LogP contribution in [0.3, 0.4) is 0 Å². The average molecular weight is 238 g/mol. The number of rotatable bonds is 5. The molecule has 0 atom stereocenters.